The normalized spacial score (nSPS) is 14.9. The van der Waals surface area contributed by atoms with E-state index in [4.69, 9.17) is 5.73 Å². The maximum absolute atomic E-state index is 12.2. The highest BCUT2D eigenvalue weighted by molar-refractivity contribution is 5.93. The highest BCUT2D eigenvalue weighted by atomic mass is 16.2. The minimum Gasteiger partial charge on any atom is -0.325 e. The molecule has 3 nitrogen and oxygen atoms in total. The average Bonchev–Trinajstić information content (AvgIpc) is 2.35. The van der Waals surface area contributed by atoms with Crippen LogP contribution in [0.2, 0.25) is 0 Å². The van der Waals surface area contributed by atoms with Crippen LogP contribution in [0.15, 0.2) is 18.2 Å². The Morgan fingerprint density at radius 3 is 2.53 bits per heavy atom. The molecule has 0 spiro atoms. The van der Waals surface area contributed by atoms with Crippen LogP contribution in [-0.2, 0) is 17.6 Å². The van der Waals surface area contributed by atoms with Gasteiger partial charge in [-0.05, 0) is 62.8 Å². The molecule has 2 rings (SSSR count). The first kappa shape index (κ1) is 14.1. The molecule has 1 aliphatic carbocycles. The molecular weight excluding hydrogens is 236 g/mol. The van der Waals surface area contributed by atoms with Crippen molar-refractivity contribution in [2.75, 3.05) is 11.9 Å². The Balaban J connectivity index is 2.15. The van der Waals surface area contributed by atoms with E-state index in [2.05, 4.69) is 12.1 Å². The van der Waals surface area contributed by atoms with Gasteiger partial charge in [0.25, 0.3) is 0 Å². The van der Waals surface area contributed by atoms with Crippen LogP contribution in [0, 0.1) is 0 Å². The number of amides is 1. The van der Waals surface area contributed by atoms with Crippen molar-refractivity contribution in [1.29, 1.82) is 0 Å². The van der Waals surface area contributed by atoms with E-state index in [1.165, 1.54) is 30.4 Å². The Hall–Kier alpha value is -1.35. The molecule has 0 radical (unpaired) electrons. The molecule has 0 aromatic heterocycles. The second kappa shape index (κ2) is 5.33. The number of nitrogens with two attached hydrogens (primary N) is 1. The fraction of sp³-hybridized carbons (Fsp3) is 0.562. The maximum Gasteiger partial charge on any atom is 0.228 e. The van der Waals surface area contributed by atoms with E-state index in [1.807, 2.05) is 27.0 Å². The molecule has 1 aliphatic rings. The predicted molar refractivity (Wildman–Crippen MR) is 79.4 cm³/mol. The average molecular weight is 260 g/mol. The molecule has 0 fully saturated rings. The van der Waals surface area contributed by atoms with Gasteiger partial charge in [0, 0.05) is 24.7 Å². The van der Waals surface area contributed by atoms with Gasteiger partial charge in [0.1, 0.15) is 0 Å². The molecule has 1 amide bonds. The first-order chi connectivity index (χ1) is 8.87. The van der Waals surface area contributed by atoms with Crippen LogP contribution in [0.1, 0.15) is 44.2 Å². The summed E-state index contributed by atoms with van der Waals surface area (Å²) >= 11 is 0. The molecule has 0 atom stereocenters. The molecule has 1 aromatic carbocycles. The van der Waals surface area contributed by atoms with E-state index < -0.39 is 5.54 Å². The van der Waals surface area contributed by atoms with Crippen LogP contribution in [0.4, 0.5) is 5.69 Å². The predicted octanol–water partition coefficient (Wildman–Crippen LogP) is 2.66. The van der Waals surface area contributed by atoms with E-state index in [0.717, 1.165) is 12.1 Å². The van der Waals surface area contributed by atoms with E-state index in [0.29, 0.717) is 6.42 Å². The third kappa shape index (κ3) is 3.57. The van der Waals surface area contributed by atoms with Crippen LogP contribution >= 0.6 is 0 Å². The summed E-state index contributed by atoms with van der Waals surface area (Å²) in [5.41, 5.74) is 9.28. The Kier molecular flexibility index (Phi) is 3.95. The molecule has 0 saturated carbocycles. The van der Waals surface area contributed by atoms with Crippen molar-refractivity contribution in [1.82, 2.24) is 0 Å². The summed E-state index contributed by atoms with van der Waals surface area (Å²) in [5.74, 6) is 0.0725. The van der Waals surface area contributed by atoms with Gasteiger partial charge in [-0.15, -0.1) is 0 Å². The Morgan fingerprint density at radius 2 is 1.89 bits per heavy atom. The lowest BCUT2D eigenvalue weighted by molar-refractivity contribution is -0.119. The summed E-state index contributed by atoms with van der Waals surface area (Å²) in [6, 6.07) is 6.38. The Bertz CT molecular complexity index is 474. The Labute approximate surface area is 115 Å². The molecule has 104 valence electrons. The lowest BCUT2D eigenvalue weighted by atomic mass is 9.91. The minimum atomic E-state index is -0.459. The molecule has 0 aliphatic heterocycles. The lowest BCUT2D eigenvalue weighted by Gasteiger charge is -2.25. The minimum absolute atomic E-state index is 0.0725. The van der Waals surface area contributed by atoms with Crippen molar-refractivity contribution in [3.63, 3.8) is 0 Å². The van der Waals surface area contributed by atoms with Crippen LogP contribution < -0.4 is 10.6 Å². The van der Waals surface area contributed by atoms with E-state index in [1.54, 1.807) is 4.90 Å². The smallest absolute Gasteiger partial charge is 0.228 e. The highest BCUT2D eigenvalue weighted by Crippen LogP contribution is 2.26. The number of nitrogens with zero attached hydrogens (tertiary/aromatic N) is 1. The van der Waals surface area contributed by atoms with Gasteiger partial charge in [-0.2, -0.15) is 0 Å². The molecule has 3 heteroatoms. The SMILES string of the molecule is CN(C(=O)CC(C)(C)N)c1ccc2c(c1)CCCC2. The summed E-state index contributed by atoms with van der Waals surface area (Å²) in [7, 11) is 1.83. The first-order valence-corrected chi connectivity index (χ1v) is 7.04. The Morgan fingerprint density at radius 1 is 1.26 bits per heavy atom. The molecular formula is C16H24N2O. The number of hydrogen-bond donors (Lipinski definition) is 1. The van der Waals surface area contributed by atoms with Crippen LogP contribution in [0.5, 0.6) is 0 Å². The van der Waals surface area contributed by atoms with Gasteiger partial charge in [-0.1, -0.05) is 6.07 Å². The fourth-order valence-corrected chi connectivity index (χ4v) is 2.58. The number of aryl methyl sites for hydroxylation is 2. The van der Waals surface area contributed by atoms with E-state index in [9.17, 15) is 4.79 Å². The zero-order chi connectivity index (χ0) is 14.0. The first-order valence-electron chi connectivity index (χ1n) is 7.04. The second-order valence-electron chi connectivity index (χ2n) is 6.28. The molecule has 0 saturated heterocycles. The van der Waals surface area contributed by atoms with Crippen molar-refractivity contribution in [3.05, 3.63) is 29.3 Å². The van der Waals surface area contributed by atoms with E-state index >= 15 is 0 Å². The number of fused-ring (bicyclic) bond motifs is 1. The van der Waals surface area contributed by atoms with Gasteiger partial charge >= 0.3 is 0 Å². The molecule has 0 heterocycles. The largest absolute Gasteiger partial charge is 0.325 e. The molecule has 0 unspecified atom stereocenters. The van der Waals surface area contributed by atoms with Crippen molar-refractivity contribution >= 4 is 11.6 Å². The lowest BCUT2D eigenvalue weighted by Crippen LogP contribution is -2.39. The van der Waals surface area contributed by atoms with Crippen molar-refractivity contribution in [2.45, 2.75) is 51.5 Å². The van der Waals surface area contributed by atoms with Gasteiger partial charge in [0.2, 0.25) is 5.91 Å². The van der Waals surface area contributed by atoms with Crippen molar-refractivity contribution in [2.24, 2.45) is 5.73 Å². The fourth-order valence-electron chi connectivity index (χ4n) is 2.58. The quantitative estimate of drug-likeness (QED) is 0.908. The van der Waals surface area contributed by atoms with Gasteiger partial charge < -0.3 is 10.6 Å². The van der Waals surface area contributed by atoms with Crippen molar-refractivity contribution < 1.29 is 4.79 Å². The maximum atomic E-state index is 12.2. The van der Waals surface area contributed by atoms with Gasteiger partial charge in [0.15, 0.2) is 0 Å². The summed E-state index contributed by atoms with van der Waals surface area (Å²) in [5, 5.41) is 0. The topological polar surface area (TPSA) is 46.3 Å². The van der Waals surface area contributed by atoms with Gasteiger partial charge in [-0.25, -0.2) is 0 Å². The number of rotatable bonds is 3. The monoisotopic (exact) mass is 260 g/mol. The van der Waals surface area contributed by atoms with E-state index in [-0.39, 0.29) is 5.91 Å². The molecule has 19 heavy (non-hydrogen) atoms. The zero-order valence-electron chi connectivity index (χ0n) is 12.2. The third-order valence-corrected chi connectivity index (χ3v) is 3.70. The number of anilines is 1. The third-order valence-electron chi connectivity index (χ3n) is 3.70. The summed E-state index contributed by atoms with van der Waals surface area (Å²) in [4.78, 5) is 13.9. The number of benzene rings is 1. The molecule has 2 N–H and O–H groups in total. The van der Waals surface area contributed by atoms with Crippen LogP contribution in [0.25, 0.3) is 0 Å². The summed E-state index contributed by atoms with van der Waals surface area (Å²) in [6.07, 6.45) is 5.20. The molecule has 0 bridgehead atoms. The number of carbonyl (C=O) groups excluding carboxylic acids is 1. The summed E-state index contributed by atoms with van der Waals surface area (Å²) < 4.78 is 0. The highest BCUT2D eigenvalue weighted by Gasteiger charge is 2.21. The van der Waals surface area contributed by atoms with Gasteiger partial charge in [-0.3, -0.25) is 4.79 Å². The van der Waals surface area contributed by atoms with Crippen LogP contribution in [0.3, 0.4) is 0 Å². The zero-order valence-corrected chi connectivity index (χ0v) is 12.2. The number of carbonyl (C=O) groups is 1. The second-order valence-corrected chi connectivity index (χ2v) is 6.28. The molecule has 1 aromatic rings. The van der Waals surface area contributed by atoms with Gasteiger partial charge in [0.05, 0.1) is 0 Å². The van der Waals surface area contributed by atoms with Crippen molar-refractivity contribution in [3.8, 4) is 0 Å². The summed E-state index contributed by atoms with van der Waals surface area (Å²) in [6.45, 7) is 3.76. The standard InChI is InChI=1S/C16H24N2O/c1-16(2,17)11-15(19)18(3)14-9-8-12-6-4-5-7-13(12)10-14/h8-10H,4-7,11,17H2,1-3H3. The number of hydrogen-bond acceptors (Lipinski definition) is 2. The van der Waals surface area contributed by atoms with Crippen LogP contribution in [-0.4, -0.2) is 18.5 Å².